The van der Waals surface area contributed by atoms with Gasteiger partial charge in [-0.15, -0.1) is 11.3 Å². The highest BCUT2D eigenvalue weighted by atomic mass is 32.2. The molecule has 1 aromatic carbocycles. The SMILES string of the molecule is CN(CC(=O)Nc1ncc(Cc2ccc(F)cc2)s1)S(C)(=O)=O. The number of nitrogens with zero attached hydrogens (tertiary/aromatic N) is 2. The molecule has 0 aliphatic carbocycles. The zero-order valence-corrected chi connectivity index (χ0v) is 14.2. The molecule has 0 atom stereocenters. The Morgan fingerprint density at radius 3 is 2.61 bits per heavy atom. The molecule has 1 heterocycles. The van der Waals surface area contributed by atoms with E-state index in [9.17, 15) is 17.6 Å². The molecule has 9 heteroatoms. The standard InChI is InChI=1S/C14H16FN3O3S2/c1-18(23(2,20)21)9-13(19)17-14-16-8-12(22-14)7-10-3-5-11(15)6-4-10/h3-6,8H,7,9H2,1-2H3,(H,16,17,19). The van der Waals surface area contributed by atoms with E-state index in [1.54, 1.807) is 18.3 Å². The van der Waals surface area contributed by atoms with Gasteiger partial charge in [-0.05, 0) is 17.7 Å². The van der Waals surface area contributed by atoms with Crippen LogP contribution in [-0.2, 0) is 21.2 Å². The molecular formula is C14H16FN3O3S2. The van der Waals surface area contributed by atoms with E-state index in [1.807, 2.05) is 0 Å². The van der Waals surface area contributed by atoms with Gasteiger partial charge >= 0.3 is 0 Å². The topological polar surface area (TPSA) is 79.4 Å². The predicted molar refractivity (Wildman–Crippen MR) is 87.4 cm³/mol. The van der Waals surface area contributed by atoms with E-state index in [-0.39, 0.29) is 12.4 Å². The lowest BCUT2D eigenvalue weighted by molar-refractivity contribution is -0.116. The van der Waals surface area contributed by atoms with Crippen LogP contribution in [0.2, 0.25) is 0 Å². The Balaban J connectivity index is 1.94. The van der Waals surface area contributed by atoms with Crippen molar-refractivity contribution in [2.45, 2.75) is 6.42 Å². The monoisotopic (exact) mass is 357 g/mol. The van der Waals surface area contributed by atoms with Crippen molar-refractivity contribution in [2.24, 2.45) is 0 Å². The van der Waals surface area contributed by atoms with Crippen LogP contribution in [0.5, 0.6) is 0 Å². The van der Waals surface area contributed by atoms with Crippen LogP contribution in [0, 0.1) is 5.82 Å². The highest BCUT2D eigenvalue weighted by Gasteiger charge is 2.16. The van der Waals surface area contributed by atoms with Crippen LogP contribution >= 0.6 is 11.3 Å². The first-order chi connectivity index (χ1) is 10.7. The number of hydrogen-bond donors (Lipinski definition) is 1. The fraction of sp³-hybridized carbons (Fsp3) is 0.286. The van der Waals surface area contributed by atoms with Gasteiger partial charge in [0.05, 0.1) is 12.8 Å². The summed E-state index contributed by atoms with van der Waals surface area (Å²) in [4.78, 5) is 16.8. The molecule has 0 spiro atoms. The molecule has 0 saturated heterocycles. The number of sulfonamides is 1. The van der Waals surface area contributed by atoms with Crippen molar-refractivity contribution in [2.75, 3.05) is 25.2 Å². The molecule has 124 valence electrons. The van der Waals surface area contributed by atoms with Crippen molar-refractivity contribution in [1.29, 1.82) is 0 Å². The molecule has 0 saturated carbocycles. The lowest BCUT2D eigenvalue weighted by Gasteiger charge is -2.12. The lowest BCUT2D eigenvalue weighted by atomic mass is 10.1. The van der Waals surface area contributed by atoms with Crippen LogP contribution in [0.15, 0.2) is 30.5 Å². The van der Waals surface area contributed by atoms with Crippen molar-refractivity contribution in [3.05, 3.63) is 46.7 Å². The molecule has 1 aromatic heterocycles. The van der Waals surface area contributed by atoms with Crippen LogP contribution in [0.25, 0.3) is 0 Å². The Morgan fingerprint density at radius 1 is 1.35 bits per heavy atom. The number of hydrogen-bond acceptors (Lipinski definition) is 5. The van der Waals surface area contributed by atoms with Gasteiger partial charge in [0.25, 0.3) is 0 Å². The molecule has 0 aliphatic rings. The molecule has 1 N–H and O–H groups in total. The first-order valence-electron chi connectivity index (χ1n) is 6.64. The number of amides is 1. The number of carbonyl (C=O) groups excluding carboxylic acids is 1. The Hall–Kier alpha value is -1.84. The third kappa shape index (κ3) is 5.38. The van der Waals surface area contributed by atoms with Crippen molar-refractivity contribution in [1.82, 2.24) is 9.29 Å². The Bertz CT molecular complexity index is 788. The summed E-state index contributed by atoms with van der Waals surface area (Å²) in [5.74, 6) is -0.749. The quantitative estimate of drug-likeness (QED) is 0.853. The fourth-order valence-electron chi connectivity index (χ4n) is 1.73. The maximum absolute atomic E-state index is 12.9. The van der Waals surface area contributed by atoms with E-state index in [1.165, 1.54) is 30.5 Å². The highest BCUT2D eigenvalue weighted by Crippen LogP contribution is 2.21. The Labute approximate surface area is 138 Å². The summed E-state index contributed by atoms with van der Waals surface area (Å²) in [5, 5.41) is 2.96. The zero-order chi connectivity index (χ0) is 17.0. The summed E-state index contributed by atoms with van der Waals surface area (Å²) in [5.41, 5.74) is 0.935. The molecule has 0 bridgehead atoms. The van der Waals surface area contributed by atoms with Gasteiger partial charge in [0.2, 0.25) is 15.9 Å². The van der Waals surface area contributed by atoms with E-state index in [4.69, 9.17) is 0 Å². The molecule has 0 aliphatic heterocycles. The number of nitrogens with one attached hydrogen (secondary N) is 1. The second-order valence-electron chi connectivity index (χ2n) is 5.00. The Kier molecular flexibility index (Phi) is 5.45. The first kappa shape index (κ1) is 17.5. The van der Waals surface area contributed by atoms with Gasteiger partial charge in [-0.2, -0.15) is 4.31 Å². The summed E-state index contributed by atoms with van der Waals surface area (Å²) >= 11 is 1.29. The molecule has 23 heavy (non-hydrogen) atoms. The Morgan fingerprint density at radius 2 is 2.00 bits per heavy atom. The van der Waals surface area contributed by atoms with Crippen molar-refractivity contribution in [3.63, 3.8) is 0 Å². The third-order valence-corrected chi connectivity index (χ3v) is 5.20. The number of benzene rings is 1. The third-order valence-electron chi connectivity index (χ3n) is 3.02. The number of carbonyl (C=O) groups is 1. The average Bonchev–Trinajstić information content (AvgIpc) is 2.87. The van der Waals surface area contributed by atoms with Gasteiger partial charge < -0.3 is 5.32 Å². The van der Waals surface area contributed by atoms with Gasteiger partial charge in [0.15, 0.2) is 5.13 Å². The van der Waals surface area contributed by atoms with Gasteiger partial charge in [0.1, 0.15) is 5.82 Å². The van der Waals surface area contributed by atoms with E-state index in [0.29, 0.717) is 11.6 Å². The fourth-order valence-corrected chi connectivity index (χ4v) is 2.94. The van der Waals surface area contributed by atoms with E-state index in [2.05, 4.69) is 10.3 Å². The number of anilines is 1. The normalized spacial score (nSPS) is 11.7. The van der Waals surface area contributed by atoms with Crippen LogP contribution in [0.1, 0.15) is 10.4 Å². The number of halogens is 1. The maximum Gasteiger partial charge on any atom is 0.241 e. The lowest BCUT2D eigenvalue weighted by Crippen LogP contribution is -2.34. The molecule has 2 aromatic rings. The van der Waals surface area contributed by atoms with E-state index in [0.717, 1.165) is 21.0 Å². The van der Waals surface area contributed by atoms with Crippen molar-refractivity contribution in [3.8, 4) is 0 Å². The minimum Gasteiger partial charge on any atom is -0.301 e. The molecular weight excluding hydrogens is 341 g/mol. The minimum absolute atomic E-state index is 0.272. The summed E-state index contributed by atoms with van der Waals surface area (Å²) in [7, 11) is -2.07. The second-order valence-corrected chi connectivity index (χ2v) is 8.21. The van der Waals surface area contributed by atoms with Gasteiger partial charge in [0, 0.05) is 24.5 Å². The first-order valence-corrected chi connectivity index (χ1v) is 9.31. The smallest absolute Gasteiger partial charge is 0.241 e. The molecule has 6 nitrogen and oxygen atoms in total. The maximum atomic E-state index is 12.9. The van der Waals surface area contributed by atoms with Crippen molar-refractivity contribution >= 4 is 32.4 Å². The predicted octanol–water partition coefficient (Wildman–Crippen LogP) is 1.70. The number of likely N-dealkylation sites (N-methyl/N-ethyl adjacent to an activating group) is 1. The molecule has 0 radical (unpaired) electrons. The largest absolute Gasteiger partial charge is 0.301 e. The molecule has 2 rings (SSSR count). The van der Waals surface area contributed by atoms with Crippen LogP contribution in [0.3, 0.4) is 0 Å². The van der Waals surface area contributed by atoms with Crippen LogP contribution < -0.4 is 5.32 Å². The molecule has 0 unspecified atom stereocenters. The van der Waals surface area contributed by atoms with Crippen molar-refractivity contribution < 1.29 is 17.6 Å². The highest BCUT2D eigenvalue weighted by molar-refractivity contribution is 7.88. The van der Waals surface area contributed by atoms with Crippen LogP contribution in [0.4, 0.5) is 9.52 Å². The van der Waals surface area contributed by atoms with E-state index >= 15 is 0 Å². The number of aromatic nitrogens is 1. The summed E-state index contributed by atoms with van der Waals surface area (Å²) in [6.45, 7) is -0.272. The second kappa shape index (κ2) is 7.16. The van der Waals surface area contributed by atoms with Crippen LogP contribution in [-0.4, -0.2) is 43.5 Å². The molecule has 0 fully saturated rings. The summed E-state index contributed by atoms with van der Waals surface area (Å²) in [6, 6.07) is 6.16. The van der Waals surface area contributed by atoms with Gasteiger partial charge in [-0.25, -0.2) is 17.8 Å². The minimum atomic E-state index is -3.40. The van der Waals surface area contributed by atoms with Gasteiger partial charge in [-0.1, -0.05) is 12.1 Å². The summed E-state index contributed by atoms with van der Waals surface area (Å²) < 4.78 is 36.3. The zero-order valence-electron chi connectivity index (χ0n) is 12.6. The van der Waals surface area contributed by atoms with E-state index < -0.39 is 15.9 Å². The summed E-state index contributed by atoms with van der Waals surface area (Å²) in [6.07, 6.45) is 3.24. The van der Waals surface area contributed by atoms with Gasteiger partial charge in [-0.3, -0.25) is 4.79 Å². The molecule has 1 amide bonds. The number of thiazole rings is 1. The average molecular weight is 357 g/mol. The number of rotatable bonds is 6.